The van der Waals surface area contributed by atoms with Crippen molar-refractivity contribution in [3.63, 3.8) is 0 Å². The maximum Gasteiger partial charge on any atom is 0.266 e. The molecule has 1 aliphatic rings. The van der Waals surface area contributed by atoms with Gasteiger partial charge in [0.25, 0.3) is 5.56 Å². The van der Waals surface area contributed by atoms with Crippen LogP contribution in [-0.2, 0) is 17.6 Å². The molecule has 1 saturated heterocycles. The van der Waals surface area contributed by atoms with Gasteiger partial charge in [-0.3, -0.25) is 14.2 Å². The summed E-state index contributed by atoms with van der Waals surface area (Å²) in [6.45, 7) is 3.68. The summed E-state index contributed by atoms with van der Waals surface area (Å²) in [6.07, 6.45) is 4.05. The highest BCUT2D eigenvalue weighted by atomic mass is 32.2. The van der Waals surface area contributed by atoms with Gasteiger partial charge in [-0.2, -0.15) is 0 Å². The van der Waals surface area contributed by atoms with Crippen molar-refractivity contribution in [3.05, 3.63) is 100 Å². The first kappa shape index (κ1) is 24.3. The van der Waals surface area contributed by atoms with Crippen molar-refractivity contribution in [2.24, 2.45) is 5.92 Å². The number of nitrogens with zero attached hydrogens (tertiary/aromatic N) is 3. The van der Waals surface area contributed by atoms with Crippen LogP contribution in [0.4, 0.5) is 0 Å². The third-order valence-electron chi connectivity index (χ3n) is 7.01. The lowest BCUT2D eigenvalue weighted by molar-refractivity contribution is -0.129. The van der Waals surface area contributed by atoms with Crippen LogP contribution in [0, 0.1) is 5.92 Å². The smallest absolute Gasteiger partial charge is 0.266 e. The second-order valence-electron chi connectivity index (χ2n) is 9.37. The van der Waals surface area contributed by atoms with Gasteiger partial charge in [-0.25, -0.2) is 4.98 Å². The quantitative estimate of drug-likeness (QED) is 0.249. The number of likely N-dealkylation sites (tertiary alicyclic amines) is 1. The van der Waals surface area contributed by atoms with Crippen LogP contribution in [0.1, 0.15) is 30.9 Å². The molecule has 1 fully saturated rings. The van der Waals surface area contributed by atoms with Gasteiger partial charge in [-0.1, -0.05) is 73.3 Å². The van der Waals surface area contributed by atoms with E-state index < -0.39 is 0 Å². The van der Waals surface area contributed by atoms with Gasteiger partial charge in [0.1, 0.15) is 0 Å². The molecule has 0 atom stereocenters. The molecule has 5 rings (SSSR count). The highest BCUT2D eigenvalue weighted by Gasteiger charge is 2.24. The van der Waals surface area contributed by atoms with E-state index in [2.05, 4.69) is 31.2 Å². The Hall–Kier alpha value is -3.38. The Balaban J connectivity index is 1.30. The first-order chi connectivity index (χ1) is 17.6. The number of aryl methyl sites for hydroxylation is 1. The molecule has 184 valence electrons. The Labute approximate surface area is 216 Å². The van der Waals surface area contributed by atoms with E-state index in [1.54, 1.807) is 10.6 Å². The zero-order valence-electron chi connectivity index (χ0n) is 20.6. The zero-order valence-corrected chi connectivity index (χ0v) is 21.4. The third-order valence-corrected chi connectivity index (χ3v) is 7.93. The average Bonchev–Trinajstić information content (AvgIpc) is 2.93. The minimum atomic E-state index is -0.110. The summed E-state index contributed by atoms with van der Waals surface area (Å²) in [7, 11) is 0. The van der Waals surface area contributed by atoms with E-state index in [-0.39, 0.29) is 17.2 Å². The van der Waals surface area contributed by atoms with E-state index in [0.29, 0.717) is 22.0 Å². The van der Waals surface area contributed by atoms with Crippen LogP contribution in [0.2, 0.25) is 0 Å². The van der Waals surface area contributed by atoms with Gasteiger partial charge in [-0.15, -0.1) is 0 Å². The van der Waals surface area contributed by atoms with Crippen LogP contribution in [0.5, 0.6) is 0 Å². The molecular formula is C30H31N3O2S. The fourth-order valence-corrected chi connectivity index (χ4v) is 5.78. The number of fused-ring (bicyclic) bond motifs is 1. The third kappa shape index (κ3) is 5.39. The van der Waals surface area contributed by atoms with Gasteiger partial charge in [-0.05, 0) is 67.0 Å². The minimum absolute atomic E-state index is 0.105. The predicted molar refractivity (Wildman–Crippen MR) is 147 cm³/mol. The molecule has 1 aromatic heterocycles. The van der Waals surface area contributed by atoms with Gasteiger partial charge in [0, 0.05) is 13.1 Å². The van der Waals surface area contributed by atoms with Crippen molar-refractivity contribution < 1.29 is 4.79 Å². The highest BCUT2D eigenvalue weighted by Crippen LogP contribution is 2.25. The van der Waals surface area contributed by atoms with E-state index in [0.717, 1.165) is 44.5 Å². The summed E-state index contributed by atoms with van der Waals surface area (Å²) < 4.78 is 1.64. The number of carbonyl (C=O) groups excluding carboxylic acids is 1. The second kappa shape index (κ2) is 11.1. The van der Waals surface area contributed by atoms with Crippen molar-refractivity contribution in [3.8, 4) is 5.69 Å². The Bertz CT molecular complexity index is 1390. The minimum Gasteiger partial charge on any atom is -0.342 e. The number of thioether (sulfide) groups is 1. The number of para-hydroxylation sites is 1. The zero-order chi connectivity index (χ0) is 24.9. The molecule has 5 nitrogen and oxygen atoms in total. The monoisotopic (exact) mass is 497 g/mol. The van der Waals surface area contributed by atoms with Crippen molar-refractivity contribution in [1.29, 1.82) is 0 Å². The molecule has 0 aliphatic carbocycles. The van der Waals surface area contributed by atoms with Crippen LogP contribution in [0.25, 0.3) is 16.6 Å². The molecule has 0 bridgehead atoms. The molecule has 36 heavy (non-hydrogen) atoms. The SMILES string of the molecule is CCc1ccc(-n2c(SCC(=O)N3CCC(Cc4ccccc4)CC3)nc3ccccc3c2=O)cc1. The molecule has 1 aliphatic heterocycles. The van der Waals surface area contributed by atoms with E-state index >= 15 is 0 Å². The lowest BCUT2D eigenvalue weighted by atomic mass is 9.90. The maximum absolute atomic E-state index is 13.5. The van der Waals surface area contributed by atoms with Crippen LogP contribution in [-0.4, -0.2) is 39.2 Å². The van der Waals surface area contributed by atoms with E-state index in [9.17, 15) is 9.59 Å². The Morgan fingerprint density at radius 3 is 2.33 bits per heavy atom. The van der Waals surface area contributed by atoms with Crippen molar-refractivity contribution in [2.75, 3.05) is 18.8 Å². The molecule has 6 heteroatoms. The summed E-state index contributed by atoms with van der Waals surface area (Å²) in [5.41, 5.74) is 3.89. The van der Waals surface area contributed by atoms with E-state index in [4.69, 9.17) is 4.98 Å². The Morgan fingerprint density at radius 1 is 0.917 bits per heavy atom. The first-order valence-corrected chi connectivity index (χ1v) is 13.7. The lowest BCUT2D eigenvalue weighted by Crippen LogP contribution is -2.40. The van der Waals surface area contributed by atoms with Gasteiger partial charge in [0.15, 0.2) is 5.16 Å². The number of piperidine rings is 1. The number of hydrogen-bond donors (Lipinski definition) is 0. The Kier molecular flexibility index (Phi) is 7.52. The number of carbonyl (C=O) groups is 1. The summed E-state index contributed by atoms with van der Waals surface area (Å²) in [5, 5.41) is 1.13. The van der Waals surface area contributed by atoms with Crippen LogP contribution >= 0.6 is 11.8 Å². The number of amides is 1. The van der Waals surface area contributed by atoms with Crippen molar-refractivity contribution in [1.82, 2.24) is 14.5 Å². The molecule has 1 amide bonds. The van der Waals surface area contributed by atoms with E-state index in [1.165, 1.54) is 22.9 Å². The molecule has 0 saturated carbocycles. The normalized spacial score (nSPS) is 14.3. The highest BCUT2D eigenvalue weighted by molar-refractivity contribution is 7.99. The molecule has 4 aromatic rings. The second-order valence-corrected chi connectivity index (χ2v) is 10.3. The van der Waals surface area contributed by atoms with Gasteiger partial charge in [0.05, 0.1) is 22.3 Å². The summed E-state index contributed by atoms with van der Waals surface area (Å²) in [4.78, 5) is 33.3. The molecule has 3 aromatic carbocycles. The average molecular weight is 498 g/mol. The molecular weight excluding hydrogens is 466 g/mol. The summed E-state index contributed by atoms with van der Waals surface area (Å²) in [6, 6.07) is 26.0. The van der Waals surface area contributed by atoms with Gasteiger partial charge in [0.2, 0.25) is 5.91 Å². The van der Waals surface area contributed by atoms with E-state index in [1.807, 2.05) is 53.4 Å². The molecule has 0 spiro atoms. The summed E-state index contributed by atoms with van der Waals surface area (Å²) >= 11 is 1.35. The first-order valence-electron chi connectivity index (χ1n) is 12.7. The number of benzene rings is 3. The fourth-order valence-electron chi connectivity index (χ4n) is 4.87. The standard InChI is InChI=1S/C30H31N3O2S/c1-2-22-12-14-25(15-13-22)33-29(35)26-10-6-7-11-27(26)31-30(33)36-21-28(34)32-18-16-24(17-19-32)20-23-8-4-3-5-9-23/h3-15,24H,2,16-21H2,1H3. The number of hydrogen-bond acceptors (Lipinski definition) is 4. The molecule has 0 N–H and O–H groups in total. The van der Waals surface area contributed by atoms with Crippen LogP contribution in [0.3, 0.4) is 0 Å². The lowest BCUT2D eigenvalue weighted by Gasteiger charge is -2.32. The maximum atomic E-state index is 13.5. The predicted octanol–water partition coefficient (Wildman–Crippen LogP) is 5.52. The fraction of sp³-hybridized carbons (Fsp3) is 0.300. The van der Waals surface area contributed by atoms with Crippen LogP contribution < -0.4 is 5.56 Å². The molecule has 0 radical (unpaired) electrons. The number of rotatable bonds is 7. The van der Waals surface area contributed by atoms with Crippen LogP contribution in [0.15, 0.2) is 88.8 Å². The van der Waals surface area contributed by atoms with Crippen molar-refractivity contribution >= 4 is 28.6 Å². The largest absolute Gasteiger partial charge is 0.342 e. The topological polar surface area (TPSA) is 55.2 Å². The van der Waals surface area contributed by atoms with Crippen molar-refractivity contribution in [2.45, 2.75) is 37.8 Å². The van der Waals surface area contributed by atoms with Gasteiger partial charge < -0.3 is 4.90 Å². The molecule has 0 unspecified atom stereocenters. The Morgan fingerprint density at radius 2 is 1.61 bits per heavy atom. The molecule has 2 heterocycles. The summed E-state index contributed by atoms with van der Waals surface area (Å²) in [5.74, 6) is 0.984. The van der Waals surface area contributed by atoms with Gasteiger partial charge >= 0.3 is 0 Å². The number of aromatic nitrogens is 2.